The number of anilines is 1. The summed E-state index contributed by atoms with van der Waals surface area (Å²) >= 11 is 0. The molecular formula is C26H34N2O3. The van der Waals surface area contributed by atoms with E-state index in [4.69, 9.17) is 4.74 Å². The summed E-state index contributed by atoms with van der Waals surface area (Å²) in [4.78, 5) is 30.8. The van der Waals surface area contributed by atoms with Crippen LogP contribution in [0.25, 0.3) is 0 Å². The zero-order valence-corrected chi connectivity index (χ0v) is 18.8. The van der Waals surface area contributed by atoms with Crippen molar-refractivity contribution in [1.29, 1.82) is 0 Å². The number of hydrogen-bond acceptors (Lipinski definition) is 4. The van der Waals surface area contributed by atoms with Crippen LogP contribution in [0, 0.1) is 0 Å². The first-order valence-corrected chi connectivity index (χ1v) is 11.4. The summed E-state index contributed by atoms with van der Waals surface area (Å²) in [5.74, 6) is -0.291. The van der Waals surface area contributed by atoms with Gasteiger partial charge in [-0.15, -0.1) is 0 Å². The molecule has 0 atom stereocenters. The molecule has 2 aromatic rings. The standard InChI is InChI=1S/C26H34N2O3/c1-3-5-16-24(29)28(23-14-10-7-11-15-23)26(25(30)31-4-2)17-19-27(20-18-26)21-22-12-8-6-9-13-22/h6-15H,3-5,16-21H2,1-2H3. The van der Waals surface area contributed by atoms with E-state index in [1.807, 2.05) is 55.5 Å². The van der Waals surface area contributed by atoms with E-state index in [1.54, 1.807) is 4.90 Å². The van der Waals surface area contributed by atoms with Crippen LogP contribution in [-0.4, -0.2) is 42.0 Å². The number of esters is 1. The number of unbranched alkanes of at least 4 members (excludes halogenated alkanes) is 1. The van der Waals surface area contributed by atoms with E-state index in [1.165, 1.54) is 5.56 Å². The van der Waals surface area contributed by atoms with Gasteiger partial charge in [-0.3, -0.25) is 14.6 Å². The fraction of sp³-hybridized carbons (Fsp3) is 0.462. The van der Waals surface area contributed by atoms with Crippen molar-refractivity contribution < 1.29 is 14.3 Å². The smallest absolute Gasteiger partial charge is 0.332 e. The first kappa shape index (κ1) is 23.0. The molecule has 1 saturated heterocycles. The van der Waals surface area contributed by atoms with E-state index in [-0.39, 0.29) is 11.9 Å². The Labute approximate surface area is 186 Å². The number of para-hydroxylation sites is 1. The van der Waals surface area contributed by atoms with Crippen LogP contribution in [0.3, 0.4) is 0 Å². The fourth-order valence-electron chi connectivity index (χ4n) is 4.35. The molecule has 0 unspecified atom stereocenters. The minimum atomic E-state index is -0.963. The molecule has 0 radical (unpaired) electrons. The SMILES string of the molecule is CCCCC(=O)N(c1ccccc1)C1(C(=O)OCC)CCN(Cc2ccccc2)CC1. The van der Waals surface area contributed by atoms with Gasteiger partial charge in [0, 0.05) is 31.7 Å². The quantitative estimate of drug-likeness (QED) is 0.544. The highest BCUT2D eigenvalue weighted by Gasteiger charge is 2.50. The van der Waals surface area contributed by atoms with Gasteiger partial charge in [0.1, 0.15) is 5.54 Å². The van der Waals surface area contributed by atoms with E-state index < -0.39 is 5.54 Å². The lowest BCUT2D eigenvalue weighted by molar-refractivity contribution is -0.153. The van der Waals surface area contributed by atoms with Gasteiger partial charge in [0.25, 0.3) is 0 Å². The van der Waals surface area contributed by atoms with E-state index in [9.17, 15) is 9.59 Å². The second-order valence-corrected chi connectivity index (χ2v) is 8.18. The second-order valence-electron chi connectivity index (χ2n) is 8.18. The number of likely N-dealkylation sites (tertiary alicyclic amines) is 1. The number of carbonyl (C=O) groups excluding carboxylic acids is 2. The lowest BCUT2D eigenvalue weighted by Gasteiger charge is -2.46. The zero-order chi connectivity index (χ0) is 22.1. The molecular weight excluding hydrogens is 388 g/mol. The molecule has 0 saturated carbocycles. The van der Waals surface area contributed by atoms with Crippen molar-refractivity contribution in [2.45, 2.75) is 58.0 Å². The third kappa shape index (κ3) is 5.53. The van der Waals surface area contributed by atoms with Crippen molar-refractivity contribution in [3.05, 3.63) is 66.2 Å². The minimum absolute atomic E-state index is 0.00221. The summed E-state index contributed by atoms with van der Waals surface area (Å²) in [5, 5.41) is 0. The highest BCUT2D eigenvalue weighted by Crippen LogP contribution is 2.36. The molecule has 2 aromatic carbocycles. The number of piperidine rings is 1. The maximum Gasteiger partial charge on any atom is 0.332 e. The Morgan fingerprint density at radius 3 is 2.16 bits per heavy atom. The lowest BCUT2D eigenvalue weighted by Crippen LogP contribution is -2.62. The summed E-state index contributed by atoms with van der Waals surface area (Å²) in [6.07, 6.45) is 3.30. The molecule has 1 heterocycles. The average molecular weight is 423 g/mol. The predicted molar refractivity (Wildman–Crippen MR) is 124 cm³/mol. The van der Waals surface area contributed by atoms with Crippen molar-refractivity contribution in [3.8, 4) is 0 Å². The Morgan fingerprint density at radius 1 is 0.968 bits per heavy atom. The van der Waals surface area contributed by atoms with Crippen LogP contribution in [0.1, 0.15) is 51.5 Å². The summed E-state index contributed by atoms with van der Waals surface area (Å²) in [6, 6.07) is 20.0. The molecule has 0 aliphatic carbocycles. The monoisotopic (exact) mass is 422 g/mol. The largest absolute Gasteiger partial charge is 0.464 e. The van der Waals surface area contributed by atoms with Crippen LogP contribution in [0.5, 0.6) is 0 Å². The number of rotatable bonds is 9. The average Bonchev–Trinajstić information content (AvgIpc) is 2.80. The van der Waals surface area contributed by atoms with Crippen molar-refractivity contribution in [3.63, 3.8) is 0 Å². The Morgan fingerprint density at radius 2 is 1.58 bits per heavy atom. The van der Waals surface area contributed by atoms with E-state index in [0.717, 1.165) is 38.2 Å². The molecule has 1 amide bonds. The molecule has 0 aromatic heterocycles. The third-order valence-corrected chi connectivity index (χ3v) is 6.02. The molecule has 1 aliphatic rings. The van der Waals surface area contributed by atoms with Crippen LogP contribution >= 0.6 is 0 Å². The summed E-state index contributed by atoms with van der Waals surface area (Å²) < 4.78 is 5.54. The number of hydrogen-bond donors (Lipinski definition) is 0. The highest BCUT2D eigenvalue weighted by molar-refractivity contribution is 6.02. The van der Waals surface area contributed by atoms with Gasteiger partial charge in [0.2, 0.25) is 5.91 Å². The van der Waals surface area contributed by atoms with Gasteiger partial charge in [0.15, 0.2) is 0 Å². The molecule has 166 valence electrons. The summed E-state index contributed by atoms with van der Waals surface area (Å²) in [7, 11) is 0. The van der Waals surface area contributed by atoms with Crippen LogP contribution in [0.4, 0.5) is 5.69 Å². The van der Waals surface area contributed by atoms with Gasteiger partial charge < -0.3 is 4.74 Å². The summed E-state index contributed by atoms with van der Waals surface area (Å²) in [6.45, 7) is 6.51. The molecule has 31 heavy (non-hydrogen) atoms. The Bertz CT molecular complexity index is 830. The van der Waals surface area contributed by atoms with E-state index >= 15 is 0 Å². The van der Waals surface area contributed by atoms with Crippen molar-refractivity contribution in [2.75, 3.05) is 24.6 Å². The normalized spacial score (nSPS) is 15.9. The van der Waals surface area contributed by atoms with Crippen LogP contribution < -0.4 is 4.90 Å². The Balaban J connectivity index is 1.88. The number of ether oxygens (including phenoxy) is 1. The van der Waals surface area contributed by atoms with Gasteiger partial charge in [0.05, 0.1) is 6.61 Å². The number of amides is 1. The fourth-order valence-corrected chi connectivity index (χ4v) is 4.35. The van der Waals surface area contributed by atoms with Crippen LogP contribution in [0.2, 0.25) is 0 Å². The molecule has 0 N–H and O–H groups in total. The van der Waals surface area contributed by atoms with Gasteiger partial charge in [-0.25, -0.2) is 4.79 Å². The zero-order valence-electron chi connectivity index (χ0n) is 18.8. The first-order chi connectivity index (χ1) is 15.1. The van der Waals surface area contributed by atoms with Crippen LogP contribution in [0.15, 0.2) is 60.7 Å². The molecule has 0 spiro atoms. The molecule has 5 heteroatoms. The maximum absolute atomic E-state index is 13.4. The topological polar surface area (TPSA) is 49.9 Å². The van der Waals surface area contributed by atoms with E-state index in [2.05, 4.69) is 24.0 Å². The first-order valence-electron chi connectivity index (χ1n) is 11.4. The molecule has 1 aliphatic heterocycles. The third-order valence-electron chi connectivity index (χ3n) is 6.02. The van der Waals surface area contributed by atoms with Gasteiger partial charge in [-0.2, -0.15) is 0 Å². The Hall–Kier alpha value is -2.66. The minimum Gasteiger partial charge on any atom is -0.464 e. The number of nitrogens with zero attached hydrogens (tertiary/aromatic N) is 2. The van der Waals surface area contributed by atoms with Gasteiger partial charge >= 0.3 is 5.97 Å². The van der Waals surface area contributed by atoms with E-state index in [0.29, 0.717) is 25.9 Å². The highest BCUT2D eigenvalue weighted by atomic mass is 16.5. The predicted octanol–water partition coefficient (Wildman–Crippen LogP) is 4.81. The maximum atomic E-state index is 13.4. The Kier molecular flexibility index (Phi) is 8.24. The van der Waals surface area contributed by atoms with Crippen molar-refractivity contribution in [1.82, 2.24) is 4.90 Å². The molecule has 0 bridgehead atoms. The lowest BCUT2D eigenvalue weighted by atomic mass is 9.84. The number of benzene rings is 2. The van der Waals surface area contributed by atoms with Gasteiger partial charge in [-0.1, -0.05) is 61.9 Å². The number of carbonyl (C=O) groups is 2. The van der Waals surface area contributed by atoms with Crippen molar-refractivity contribution in [2.24, 2.45) is 0 Å². The molecule has 3 rings (SSSR count). The molecule has 1 fully saturated rings. The summed E-state index contributed by atoms with van der Waals surface area (Å²) in [5.41, 5.74) is 1.06. The van der Waals surface area contributed by atoms with Crippen molar-refractivity contribution >= 4 is 17.6 Å². The second kappa shape index (κ2) is 11.1. The van der Waals surface area contributed by atoms with Gasteiger partial charge in [-0.05, 0) is 43.9 Å². The molecule has 5 nitrogen and oxygen atoms in total. The van der Waals surface area contributed by atoms with Crippen LogP contribution in [-0.2, 0) is 20.9 Å².